The average molecular weight is 1530 g/mol. The Morgan fingerprint density at radius 1 is 0.312 bits per heavy atom. The molecule has 4 aromatic heterocycles. The molecule has 0 saturated carbocycles. The highest BCUT2D eigenvalue weighted by atomic mass is 19.4. The van der Waals surface area contributed by atoms with Gasteiger partial charge in [-0.25, -0.2) is 18.3 Å². The minimum Gasteiger partial charge on any atom is -0.201 e. The summed E-state index contributed by atoms with van der Waals surface area (Å²) < 4.78 is 297. The molecule has 0 atom stereocenters. The van der Waals surface area contributed by atoms with Crippen LogP contribution in [0.2, 0.25) is 0 Å². The number of aromatic nitrogens is 4. The van der Waals surface area contributed by atoms with Gasteiger partial charge >= 0.3 is 6.18 Å². The van der Waals surface area contributed by atoms with E-state index in [1.165, 1.54) is 36.5 Å². The van der Waals surface area contributed by atoms with Crippen LogP contribution in [0.5, 0.6) is 0 Å². The molecule has 112 heavy (non-hydrogen) atoms. The maximum absolute atomic E-state index is 13.6. The van der Waals surface area contributed by atoms with Gasteiger partial charge in [-0.15, -0.1) is 0 Å². The standard InChI is InChI=1S/C27H31F3N.C27H34N.C26H32N.C25H30N/c1-17-13-25(31(7)16-20(17)4)24-14-23(18(2)12-19(24)3)22-10-8-21(9-11-22)15-26(5,6)27(28,29)30;1-18-14-26(28(8)17-21(18)4)25-15-24(19(2)13-20(25)3)23-11-9-22(10-12-23)16-27(5,6)7;1-17(2)12-22-8-10-23(11-9-22)24-15-25(20(5)13-19(24)4)26-14-18(3)21(6)16-27(26)7;1-16(2)21-8-10-22(11-9-21)23-14-24(19(5)12-18(23)4)25-13-17(3)20(6)15-26(25)7/h8-14,16H,15H2,1-7H3;9-15,17H,16H2,1-8H3;8-11,13-17H,12H2,1-7H3;8-16H,1-7H3/q4*+1/i2D3,4D3,15D2;2D3,4D3,16D2;4D3,6D3,12D2;4D3,6D3,16D. The van der Waals surface area contributed by atoms with Crippen molar-refractivity contribution in [2.75, 3.05) is 0 Å². The predicted molar refractivity (Wildman–Crippen MR) is 469 cm³/mol. The van der Waals surface area contributed by atoms with Crippen LogP contribution in [0.15, 0.2) is 195 Å². The topological polar surface area (TPSA) is 15.5 Å². The number of halogens is 3. The smallest absolute Gasteiger partial charge is 0.201 e. The summed E-state index contributed by atoms with van der Waals surface area (Å²) in [7, 11) is 7.06. The number of hydrogen-bond donors (Lipinski definition) is 0. The predicted octanol–water partition coefficient (Wildman–Crippen LogP) is 26.4. The Kier molecular flexibility index (Phi) is 16.6. The molecule has 12 aromatic rings. The molecule has 4 heterocycles. The Morgan fingerprint density at radius 2 is 0.562 bits per heavy atom. The minimum atomic E-state index is -4.79. The van der Waals surface area contributed by atoms with Gasteiger partial charge in [0.1, 0.15) is 28.2 Å². The molecular weight excluding hydrogens is 1370 g/mol. The fraction of sp³-hybridized carbons (Fsp3) is 0.352. The van der Waals surface area contributed by atoms with Crippen molar-refractivity contribution in [1.29, 1.82) is 0 Å². The Morgan fingerprint density at radius 3 is 0.795 bits per heavy atom. The number of pyridine rings is 4. The first-order chi connectivity index (χ1) is 64.7. The van der Waals surface area contributed by atoms with Crippen LogP contribution < -0.4 is 18.3 Å². The van der Waals surface area contributed by atoms with Gasteiger partial charge < -0.3 is 0 Å². The van der Waals surface area contributed by atoms with Gasteiger partial charge in [0.05, 0.1) is 5.41 Å². The molecule has 0 N–H and O–H groups in total. The van der Waals surface area contributed by atoms with Gasteiger partial charge in [0.25, 0.3) is 0 Å². The molecule has 12 rings (SSSR count). The van der Waals surface area contributed by atoms with E-state index < -0.39 is 96.8 Å². The molecule has 0 bridgehead atoms. The largest absolute Gasteiger partial charge is 0.394 e. The molecule has 0 aliphatic heterocycles. The fourth-order valence-electron chi connectivity index (χ4n) is 13.4. The summed E-state index contributed by atoms with van der Waals surface area (Å²) in [6.07, 6.45) is -4.24. The van der Waals surface area contributed by atoms with Crippen molar-refractivity contribution in [2.24, 2.45) is 44.9 Å². The monoisotopic (exact) mass is 1530 g/mol. The SMILES string of the molecule is [2H]C([2H])([2H])c1c[n+](C)c(-c2cc(-c3ccc(C([2H])(C)C)cc3)c(C([2H])([2H])[2H])cc2C)cc1C.[2H]C([2H])([2H])c1c[n+](C)c(-c2cc(-c3ccc(C([2H])([2H])C(C)(C)C(F)(F)F)cc3)c(C([2H])([2H])[2H])cc2C)cc1C.[2H]C([2H])([2H])c1c[n+](C)c(-c2cc(-c3ccc(C([2H])([2H])C(C)(C)C)cc3)c(C([2H])([2H])[2H])cc2C)cc1C.[2H]C([2H])([2H])c1c[n+](C)c(-c2cc(-c3ccc(C([2H])([2H])C(C)C)cc3)c(C([2H])([2H])[2H])cc2C)cc1C. The van der Waals surface area contributed by atoms with E-state index in [-0.39, 0.29) is 50.4 Å². The molecule has 0 fully saturated rings. The highest BCUT2D eigenvalue weighted by Gasteiger charge is 2.47. The second-order valence-corrected chi connectivity index (χ2v) is 31.5. The molecular formula is C105H127F3N4+4. The van der Waals surface area contributed by atoms with Gasteiger partial charge in [-0.3, -0.25) is 0 Å². The Bertz CT molecular complexity index is 6690. The molecule has 0 unspecified atom stereocenters. The van der Waals surface area contributed by atoms with E-state index in [1.54, 1.807) is 179 Å². The first-order valence-corrected chi connectivity index (χ1v) is 37.3. The van der Waals surface area contributed by atoms with E-state index in [1.807, 2.05) is 130 Å². The minimum absolute atomic E-state index is 0.0358. The van der Waals surface area contributed by atoms with Crippen LogP contribution in [0.3, 0.4) is 0 Å². The van der Waals surface area contributed by atoms with Crippen molar-refractivity contribution in [3.05, 3.63) is 306 Å². The van der Waals surface area contributed by atoms with Gasteiger partial charge in [-0.05, 0) is 304 Å². The van der Waals surface area contributed by atoms with Crippen LogP contribution in [0.4, 0.5) is 13.2 Å². The molecule has 0 amide bonds. The van der Waals surface area contributed by atoms with Crippen LogP contribution in [0.1, 0.15) is 222 Å². The van der Waals surface area contributed by atoms with Crippen LogP contribution in [0, 0.1) is 127 Å². The number of alkyl halides is 3. The molecule has 0 radical (unpaired) electrons. The molecule has 4 nitrogen and oxygen atoms in total. The van der Waals surface area contributed by atoms with Crippen LogP contribution >= 0.6 is 0 Å². The van der Waals surface area contributed by atoms with Crippen molar-refractivity contribution < 1.29 is 73.9 Å². The van der Waals surface area contributed by atoms with Crippen LogP contribution in [-0.4, -0.2) is 6.18 Å². The summed E-state index contributed by atoms with van der Waals surface area (Å²) in [6, 6.07) is 47.8. The first kappa shape index (κ1) is 52.5. The Labute approximate surface area is 715 Å². The number of aryl methyl sites for hydroxylation is 20. The number of hydrogen-bond acceptors (Lipinski definition) is 0. The third kappa shape index (κ3) is 20.9. The zero-order chi connectivity index (χ0) is 109. The Balaban J connectivity index is 0.000000213. The van der Waals surface area contributed by atoms with E-state index in [9.17, 15) is 13.2 Å². The van der Waals surface area contributed by atoms with Crippen molar-refractivity contribution in [2.45, 2.75) is 204 Å². The average Bonchev–Trinajstić information content (AvgIpc) is 0.743. The van der Waals surface area contributed by atoms with Gasteiger partial charge in [-0.1, -0.05) is 184 Å². The third-order valence-corrected chi connectivity index (χ3v) is 20.0. The van der Waals surface area contributed by atoms with Gasteiger partial charge in [-0.2, -0.15) is 13.2 Å². The first-order valence-electron chi connectivity index (χ1n) is 52.8. The molecule has 7 heteroatoms. The second-order valence-electron chi connectivity index (χ2n) is 31.5. The lowest BCUT2D eigenvalue weighted by molar-refractivity contribution is -0.660. The lowest BCUT2D eigenvalue weighted by Crippen LogP contribution is -2.34. The highest BCUT2D eigenvalue weighted by Crippen LogP contribution is 2.42. The van der Waals surface area contributed by atoms with Crippen molar-refractivity contribution in [1.82, 2.24) is 0 Å². The maximum atomic E-state index is 13.6. The molecule has 0 saturated heterocycles. The summed E-state index contributed by atoms with van der Waals surface area (Å²) >= 11 is 0. The summed E-state index contributed by atoms with van der Waals surface area (Å²) in [5, 5.41) is 0. The van der Waals surface area contributed by atoms with Gasteiger partial charge in [0, 0.05) is 111 Å². The van der Waals surface area contributed by atoms with E-state index in [0.29, 0.717) is 94.7 Å². The normalized spacial score (nSPS) is 17.1. The molecule has 0 spiro atoms. The second kappa shape index (κ2) is 35.5. The molecule has 0 aliphatic carbocycles. The maximum Gasteiger partial charge on any atom is 0.394 e. The molecule has 0 aliphatic rings. The van der Waals surface area contributed by atoms with Crippen LogP contribution in [0.25, 0.3) is 89.5 Å². The summed E-state index contributed by atoms with van der Waals surface area (Å²) in [5.41, 5.74) is 16.3. The van der Waals surface area contributed by atoms with Crippen molar-refractivity contribution in [3.8, 4) is 89.5 Å². The summed E-state index contributed by atoms with van der Waals surface area (Å²) in [4.78, 5) is 0. The van der Waals surface area contributed by atoms with E-state index in [0.717, 1.165) is 75.4 Å². The van der Waals surface area contributed by atoms with Crippen molar-refractivity contribution in [3.63, 3.8) is 0 Å². The quantitative estimate of drug-likeness (QED) is 0.0965. The van der Waals surface area contributed by atoms with E-state index >= 15 is 0 Å². The number of nitrogens with zero attached hydrogens (tertiary/aromatic N) is 4. The van der Waals surface area contributed by atoms with Crippen molar-refractivity contribution >= 4 is 0 Å². The lowest BCUT2D eigenvalue weighted by atomic mass is 9.84. The van der Waals surface area contributed by atoms with Gasteiger partial charge in [0.15, 0.2) is 24.8 Å². The highest BCUT2D eigenvalue weighted by molar-refractivity contribution is 5.80. The van der Waals surface area contributed by atoms with Gasteiger partial charge in [0.2, 0.25) is 22.8 Å². The number of rotatable bonds is 14. The lowest BCUT2D eigenvalue weighted by Gasteiger charge is -2.27. The van der Waals surface area contributed by atoms with E-state index in [2.05, 4.69) is 0 Å². The number of benzene rings is 8. The molecule has 584 valence electrons. The fourth-order valence-corrected chi connectivity index (χ4v) is 13.4. The van der Waals surface area contributed by atoms with E-state index in [4.69, 9.17) is 42.5 Å². The summed E-state index contributed by atoms with van der Waals surface area (Å²) in [5.74, 6) is -0.960. The van der Waals surface area contributed by atoms with Crippen LogP contribution in [-0.2, 0) is 47.3 Å². The zero-order valence-electron chi connectivity index (χ0n) is 99.5. The third-order valence-electron chi connectivity index (χ3n) is 20.0. The summed E-state index contributed by atoms with van der Waals surface area (Å²) in [6.45, 7) is 10.3. The zero-order valence-corrected chi connectivity index (χ0v) is 68.5. The molecule has 8 aromatic carbocycles. The Hall–Kier alpha value is -9.85.